The van der Waals surface area contributed by atoms with Crippen LogP contribution in [0.2, 0.25) is 0 Å². The predicted molar refractivity (Wildman–Crippen MR) is 63.5 cm³/mol. The van der Waals surface area contributed by atoms with Gasteiger partial charge in [0.1, 0.15) is 18.8 Å². The van der Waals surface area contributed by atoms with E-state index in [-0.39, 0.29) is 11.9 Å². The molecular formula is C12H19N3O2. The van der Waals surface area contributed by atoms with Crippen molar-refractivity contribution in [3.63, 3.8) is 0 Å². The second kappa shape index (κ2) is 7.70. The second-order valence-corrected chi connectivity index (χ2v) is 3.89. The third-order valence-electron chi connectivity index (χ3n) is 2.53. The van der Waals surface area contributed by atoms with Gasteiger partial charge in [0.25, 0.3) is 0 Å². The Bertz CT molecular complexity index is 330. The minimum Gasteiger partial charge on any atom is -0.456 e. The van der Waals surface area contributed by atoms with Gasteiger partial charge in [0, 0.05) is 0 Å². The molecule has 0 aliphatic carbocycles. The lowest BCUT2D eigenvalue weighted by atomic mass is 10.1. The maximum atomic E-state index is 11.7. The molecule has 1 heterocycles. The van der Waals surface area contributed by atoms with Gasteiger partial charge in [-0.15, -0.1) is 0 Å². The van der Waals surface area contributed by atoms with Gasteiger partial charge >= 0.3 is 5.97 Å². The molecular weight excluding hydrogens is 218 g/mol. The molecule has 94 valence electrons. The van der Waals surface area contributed by atoms with Crippen LogP contribution in [0.15, 0.2) is 12.7 Å². The average Bonchev–Trinajstić information content (AvgIpc) is 2.38. The molecule has 1 aromatic heterocycles. The van der Waals surface area contributed by atoms with Crippen LogP contribution in [0, 0.1) is 0 Å². The van der Waals surface area contributed by atoms with Crippen molar-refractivity contribution in [2.45, 2.75) is 52.1 Å². The van der Waals surface area contributed by atoms with E-state index < -0.39 is 5.97 Å². The highest BCUT2D eigenvalue weighted by Crippen LogP contribution is 2.11. The average molecular weight is 237 g/mol. The Morgan fingerprint density at radius 2 is 2.00 bits per heavy atom. The van der Waals surface area contributed by atoms with Crippen LogP contribution in [0.3, 0.4) is 0 Å². The molecule has 0 radical (unpaired) electrons. The lowest BCUT2D eigenvalue weighted by Gasteiger charge is -2.15. The number of nitrogens with zero attached hydrogens (tertiary/aromatic N) is 3. The number of ether oxygens (including phenoxy) is 1. The van der Waals surface area contributed by atoms with E-state index in [1.165, 1.54) is 19.1 Å². The summed E-state index contributed by atoms with van der Waals surface area (Å²) in [6.45, 7) is 4.16. The highest BCUT2D eigenvalue weighted by Gasteiger charge is 2.16. The zero-order chi connectivity index (χ0) is 12.5. The van der Waals surface area contributed by atoms with Crippen LogP contribution in [0.1, 0.15) is 56.6 Å². The van der Waals surface area contributed by atoms with E-state index in [1.807, 2.05) is 6.92 Å². The molecule has 5 nitrogen and oxygen atoms in total. The molecule has 0 aliphatic heterocycles. The van der Waals surface area contributed by atoms with Gasteiger partial charge in [-0.05, 0) is 19.3 Å². The fourth-order valence-electron chi connectivity index (χ4n) is 1.52. The maximum absolute atomic E-state index is 11.7. The standard InChI is InChI=1S/C12H19N3O2/c1-3-5-6-7-10(4-2)17-12(16)11-14-8-13-9-15-11/h8-10H,3-7H2,1-2H3. The van der Waals surface area contributed by atoms with E-state index in [0.717, 1.165) is 25.7 Å². The van der Waals surface area contributed by atoms with Crippen molar-refractivity contribution in [2.75, 3.05) is 0 Å². The largest absolute Gasteiger partial charge is 0.456 e. The van der Waals surface area contributed by atoms with E-state index in [4.69, 9.17) is 4.74 Å². The Kier molecular flexibility index (Phi) is 6.14. The summed E-state index contributed by atoms with van der Waals surface area (Å²) in [7, 11) is 0. The number of carbonyl (C=O) groups is 1. The van der Waals surface area contributed by atoms with Crippen molar-refractivity contribution in [1.29, 1.82) is 0 Å². The molecule has 0 saturated carbocycles. The molecule has 0 aromatic carbocycles. The van der Waals surface area contributed by atoms with E-state index in [0.29, 0.717) is 0 Å². The van der Waals surface area contributed by atoms with Gasteiger partial charge in [-0.3, -0.25) is 0 Å². The lowest BCUT2D eigenvalue weighted by Crippen LogP contribution is -2.19. The minimum absolute atomic E-state index is 0.0363. The summed E-state index contributed by atoms with van der Waals surface area (Å²) in [4.78, 5) is 22.9. The highest BCUT2D eigenvalue weighted by atomic mass is 16.5. The zero-order valence-corrected chi connectivity index (χ0v) is 10.4. The molecule has 1 unspecified atom stereocenters. The van der Waals surface area contributed by atoms with Gasteiger partial charge in [0.2, 0.25) is 5.82 Å². The molecule has 17 heavy (non-hydrogen) atoms. The molecule has 1 aromatic rings. The van der Waals surface area contributed by atoms with Gasteiger partial charge in [0.15, 0.2) is 0 Å². The Balaban J connectivity index is 2.42. The normalized spacial score (nSPS) is 12.1. The zero-order valence-electron chi connectivity index (χ0n) is 10.4. The molecule has 0 fully saturated rings. The molecule has 0 saturated heterocycles. The fraction of sp³-hybridized carbons (Fsp3) is 0.667. The van der Waals surface area contributed by atoms with Gasteiger partial charge in [-0.25, -0.2) is 19.7 Å². The van der Waals surface area contributed by atoms with E-state index in [9.17, 15) is 4.79 Å². The summed E-state index contributed by atoms with van der Waals surface area (Å²) in [5.74, 6) is -0.385. The molecule has 0 bridgehead atoms. The van der Waals surface area contributed by atoms with Crippen LogP contribution in [0.4, 0.5) is 0 Å². The Labute approximate surface area is 102 Å². The first-order valence-corrected chi connectivity index (χ1v) is 6.10. The predicted octanol–water partition coefficient (Wildman–Crippen LogP) is 2.39. The molecule has 0 aliphatic rings. The highest BCUT2D eigenvalue weighted by molar-refractivity contribution is 5.84. The molecule has 0 spiro atoms. The van der Waals surface area contributed by atoms with Crippen LogP contribution in [-0.4, -0.2) is 27.0 Å². The van der Waals surface area contributed by atoms with Gasteiger partial charge < -0.3 is 4.74 Å². The third kappa shape index (κ3) is 4.89. The van der Waals surface area contributed by atoms with Crippen LogP contribution < -0.4 is 0 Å². The Hall–Kier alpha value is -1.52. The van der Waals surface area contributed by atoms with Crippen molar-refractivity contribution in [3.05, 3.63) is 18.5 Å². The lowest BCUT2D eigenvalue weighted by molar-refractivity contribution is 0.0252. The smallest absolute Gasteiger partial charge is 0.376 e. The van der Waals surface area contributed by atoms with Crippen molar-refractivity contribution < 1.29 is 9.53 Å². The van der Waals surface area contributed by atoms with Crippen molar-refractivity contribution in [2.24, 2.45) is 0 Å². The van der Waals surface area contributed by atoms with Crippen LogP contribution in [-0.2, 0) is 4.74 Å². The number of esters is 1. The summed E-state index contributed by atoms with van der Waals surface area (Å²) in [6.07, 6.45) is 7.69. The number of unbranched alkanes of at least 4 members (excludes halogenated alkanes) is 2. The first kappa shape index (κ1) is 13.5. The molecule has 1 rings (SSSR count). The minimum atomic E-state index is -0.462. The summed E-state index contributed by atoms with van der Waals surface area (Å²) in [6, 6.07) is 0. The summed E-state index contributed by atoms with van der Waals surface area (Å²) in [5, 5.41) is 0. The molecule has 5 heteroatoms. The second-order valence-electron chi connectivity index (χ2n) is 3.89. The monoisotopic (exact) mass is 237 g/mol. The fourth-order valence-corrected chi connectivity index (χ4v) is 1.52. The number of aromatic nitrogens is 3. The van der Waals surface area contributed by atoms with E-state index >= 15 is 0 Å². The van der Waals surface area contributed by atoms with Crippen LogP contribution in [0.5, 0.6) is 0 Å². The van der Waals surface area contributed by atoms with E-state index in [2.05, 4.69) is 21.9 Å². The van der Waals surface area contributed by atoms with Crippen molar-refractivity contribution in [1.82, 2.24) is 15.0 Å². The first-order valence-electron chi connectivity index (χ1n) is 6.10. The van der Waals surface area contributed by atoms with E-state index in [1.54, 1.807) is 0 Å². The van der Waals surface area contributed by atoms with Gasteiger partial charge in [0.05, 0.1) is 0 Å². The molecule has 0 amide bonds. The third-order valence-corrected chi connectivity index (χ3v) is 2.53. The van der Waals surface area contributed by atoms with Gasteiger partial charge in [-0.1, -0.05) is 26.7 Å². The Morgan fingerprint density at radius 3 is 2.59 bits per heavy atom. The first-order chi connectivity index (χ1) is 8.27. The number of rotatable bonds is 7. The van der Waals surface area contributed by atoms with Gasteiger partial charge in [-0.2, -0.15) is 0 Å². The van der Waals surface area contributed by atoms with Crippen molar-refractivity contribution >= 4 is 5.97 Å². The number of carbonyl (C=O) groups excluding carboxylic acids is 1. The van der Waals surface area contributed by atoms with Crippen LogP contribution in [0.25, 0.3) is 0 Å². The quantitative estimate of drug-likeness (QED) is 0.538. The molecule has 0 N–H and O–H groups in total. The number of hydrogen-bond acceptors (Lipinski definition) is 5. The molecule has 1 atom stereocenters. The summed E-state index contributed by atoms with van der Waals surface area (Å²) < 4.78 is 5.34. The van der Waals surface area contributed by atoms with Crippen molar-refractivity contribution in [3.8, 4) is 0 Å². The number of hydrogen-bond donors (Lipinski definition) is 0. The Morgan fingerprint density at radius 1 is 1.29 bits per heavy atom. The topological polar surface area (TPSA) is 65.0 Å². The van der Waals surface area contributed by atoms with Crippen LogP contribution >= 0.6 is 0 Å². The summed E-state index contributed by atoms with van der Waals surface area (Å²) >= 11 is 0. The SMILES string of the molecule is CCCCCC(CC)OC(=O)c1ncncn1. The summed E-state index contributed by atoms with van der Waals surface area (Å²) in [5.41, 5.74) is 0. The maximum Gasteiger partial charge on any atom is 0.376 e.